The minimum absolute atomic E-state index is 0.201. The molecule has 0 aromatic rings. The quantitative estimate of drug-likeness (QED) is 0.545. The predicted molar refractivity (Wildman–Crippen MR) is 75.8 cm³/mol. The molecule has 18 heavy (non-hydrogen) atoms. The van der Waals surface area contributed by atoms with Gasteiger partial charge in [0.25, 0.3) is 0 Å². The SMILES string of the molecule is CCN1CCCCC1CN=C(N)NC(C)COC. The monoisotopic (exact) mass is 256 g/mol. The van der Waals surface area contributed by atoms with Crippen LogP contribution in [-0.2, 0) is 4.74 Å². The Bertz CT molecular complexity index is 257. The van der Waals surface area contributed by atoms with Crippen molar-refractivity contribution in [1.29, 1.82) is 0 Å². The minimum atomic E-state index is 0.201. The molecule has 0 aliphatic carbocycles. The molecule has 5 heteroatoms. The van der Waals surface area contributed by atoms with Crippen LogP contribution in [0.25, 0.3) is 0 Å². The predicted octanol–water partition coefficient (Wildman–Crippen LogP) is 0.800. The Hall–Kier alpha value is -0.810. The van der Waals surface area contributed by atoms with Crippen molar-refractivity contribution in [2.75, 3.05) is 33.4 Å². The lowest BCUT2D eigenvalue weighted by molar-refractivity contribution is 0.161. The molecule has 1 fully saturated rings. The number of hydrogen-bond donors (Lipinski definition) is 2. The number of likely N-dealkylation sites (N-methyl/N-ethyl adjacent to an activating group) is 1. The van der Waals surface area contributed by atoms with Gasteiger partial charge in [-0.05, 0) is 32.9 Å². The molecule has 0 amide bonds. The Balaban J connectivity index is 2.36. The van der Waals surface area contributed by atoms with Gasteiger partial charge in [0.05, 0.1) is 13.2 Å². The van der Waals surface area contributed by atoms with Crippen molar-refractivity contribution in [3.8, 4) is 0 Å². The minimum Gasteiger partial charge on any atom is -0.383 e. The lowest BCUT2D eigenvalue weighted by atomic mass is 10.0. The van der Waals surface area contributed by atoms with Crippen LogP contribution in [0.15, 0.2) is 4.99 Å². The number of ether oxygens (including phenoxy) is 1. The van der Waals surface area contributed by atoms with Gasteiger partial charge in [0, 0.05) is 19.2 Å². The van der Waals surface area contributed by atoms with Crippen LogP contribution in [0.2, 0.25) is 0 Å². The first-order chi connectivity index (χ1) is 8.67. The zero-order chi connectivity index (χ0) is 13.4. The summed E-state index contributed by atoms with van der Waals surface area (Å²) in [5, 5.41) is 3.14. The number of rotatable bonds is 6. The third-order valence-electron chi connectivity index (χ3n) is 3.44. The van der Waals surface area contributed by atoms with Gasteiger partial charge < -0.3 is 15.8 Å². The Labute approximate surface area is 111 Å². The maximum atomic E-state index is 5.87. The number of nitrogens with one attached hydrogen (secondary N) is 1. The first-order valence-electron chi connectivity index (χ1n) is 6.96. The summed E-state index contributed by atoms with van der Waals surface area (Å²) in [5.74, 6) is 0.529. The highest BCUT2D eigenvalue weighted by Gasteiger charge is 2.20. The van der Waals surface area contributed by atoms with Gasteiger partial charge in [-0.1, -0.05) is 13.3 Å². The molecule has 0 aromatic heterocycles. The maximum absolute atomic E-state index is 5.87. The Morgan fingerprint density at radius 3 is 3.00 bits per heavy atom. The lowest BCUT2D eigenvalue weighted by Gasteiger charge is -2.33. The second kappa shape index (κ2) is 8.32. The van der Waals surface area contributed by atoms with Crippen LogP contribution in [0.5, 0.6) is 0 Å². The maximum Gasteiger partial charge on any atom is 0.188 e. The molecule has 3 N–H and O–H groups in total. The van der Waals surface area contributed by atoms with Crippen molar-refractivity contribution < 1.29 is 4.74 Å². The second-order valence-electron chi connectivity index (χ2n) is 5.00. The van der Waals surface area contributed by atoms with Crippen molar-refractivity contribution in [3.63, 3.8) is 0 Å². The molecule has 2 unspecified atom stereocenters. The summed E-state index contributed by atoms with van der Waals surface area (Å²) >= 11 is 0. The molecule has 5 nitrogen and oxygen atoms in total. The summed E-state index contributed by atoms with van der Waals surface area (Å²) in [6.45, 7) is 7.99. The fraction of sp³-hybridized carbons (Fsp3) is 0.923. The molecule has 1 aliphatic heterocycles. The van der Waals surface area contributed by atoms with E-state index in [1.54, 1.807) is 7.11 Å². The average molecular weight is 256 g/mol. The van der Waals surface area contributed by atoms with Crippen LogP contribution in [0.3, 0.4) is 0 Å². The van der Waals surface area contributed by atoms with E-state index in [4.69, 9.17) is 10.5 Å². The van der Waals surface area contributed by atoms with E-state index in [0.29, 0.717) is 18.6 Å². The van der Waals surface area contributed by atoms with E-state index in [-0.39, 0.29) is 6.04 Å². The summed E-state index contributed by atoms with van der Waals surface area (Å²) < 4.78 is 5.05. The van der Waals surface area contributed by atoms with Crippen molar-refractivity contribution in [2.24, 2.45) is 10.7 Å². The molecular weight excluding hydrogens is 228 g/mol. The average Bonchev–Trinajstić information content (AvgIpc) is 2.37. The van der Waals surface area contributed by atoms with Crippen molar-refractivity contribution in [1.82, 2.24) is 10.2 Å². The smallest absolute Gasteiger partial charge is 0.188 e. The molecule has 0 radical (unpaired) electrons. The number of aliphatic imine (C=N–C) groups is 1. The molecule has 0 bridgehead atoms. The van der Waals surface area contributed by atoms with Crippen LogP contribution < -0.4 is 11.1 Å². The van der Waals surface area contributed by atoms with E-state index in [1.165, 1.54) is 25.8 Å². The number of methoxy groups -OCH3 is 1. The van der Waals surface area contributed by atoms with E-state index in [2.05, 4.69) is 22.1 Å². The van der Waals surface area contributed by atoms with Gasteiger partial charge in [0.15, 0.2) is 5.96 Å². The fourth-order valence-electron chi connectivity index (χ4n) is 2.48. The highest BCUT2D eigenvalue weighted by molar-refractivity contribution is 5.78. The molecule has 1 heterocycles. The van der Waals surface area contributed by atoms with Crippen LogP contribution >= 0.6 is 0 Å². The third-order valence-corrected chi connectivity index (χ3v) is 3.44. The Kier molecular flexibility index (Phi) is 7.05. The van der Waals surface area contributed by atoms with Gasteiger partial charge in [0.1, 0.15) is 0 Å². The van der Waals surface area contributed by atoms with Crippen molar-refractivity contribution in [2.45, 2.75) is 45.2 Å². The first kappa shape index (κ1) is 15.2. The number of nitrogens with two attached hydrogens (primary N) is 1. The molecule has 0 spiro atoms. The van der Waals surface area contributed by atoms with Crippen LogP contribution in [0.4, 0.5) is 0 Å². The molecule has 0 saturated carbocycles. The van der Waals surface area contributed by atoms with Gasteiger partial charge in [0.2, 0.25) is 0 Å². The highest BCUT2D eigenvalue weighted by atomic mass is 16.5. The number of guanidine groups is 1. The second-order valence-corrected chi connectivity index (χ2v) is 5.00. The molecule has 1 rings (SSSR count). The van der Waals surface area contributed by atoms with Gasteiger partial charge in [-0.25, -0.2) is 0 Å². The van der Waals surface area contributed by atoms with E-state index in [0.717, 1.165) is 13.1 Å². The number of piperidine rings is 1. The van der Waals surface area contributed by atoms with Gasteiger partial charge in [-0.15, -0.1) is 0 Å². The number of nitrogens with zero attached hydrogens (tertiary/aromatic N) is 2. The molecule has 1 aliphatic rings. The molecule has 2 atom stereocenters. The number of hydrogen-bond acceptors (Lipinski definition) is 3. The number of likely N-dealkylation sites (tertiary alicyclic amines) is 1. The summed E-state index contributed by atoms with van der Waals surface area (Å²) in [5.41, 5.74) is 5.87. The van der Waals surface area contributed by atoms with Crippen LogP contribution in [0.1, 0.15) is 33.1 Å². The zero-order valence-corrected chi connectivity index (χ0v) is 12.0. The van der Waals surface area contributed by atoms with E-state index in [9.17, 15) is 0 Å². The first-order valence-corrected chi connectivity index (χ1v) is 6.96. The third kappa shape index (κ3) is 5.23. The van der Waals surface area contributed by atoms with E-state index >= 15 is 0 Å². The largest absolute Gasteiger partial charge is 0.383 e. The zero-order valence-electron chi connectivity index (χ0n) is 12.0. The molecule has 0 aromatic carbocycles. The highest BCUT2D eigenvalue weighted by Crippen LogP contribution is 2.16. The summed E-state index contributed by atoms with van der Waals surface area (Å²) in [7, 11) is 1.69. The molecule has 1 saturated heterocycles. The standard InChI is InChI=1S/C13H28N4O/c1-4-17-8-6-5-7-12(17)9-15-13(14)16-11(2)10-18-3/h11-12H,4-10H2,1-3H3,(H3,14,15,16). The Morgan fingerprint density at radius 2 is 2.33 bits per heavy atom. The van der Waals surface area contributed by atoms with Gasteiger partial charge in [-0.3, -0.25) is 9.89 Å². The molecular formula is C13H28N4O. The van der Waals surface area contributed by atoms with Crippen molar-refractivity contribution >= 4 is 5.96 Å². The Morgan fingerprint density at radius 1 is 1.56 bits per heavy atom. The summed E-state index contributed by atoms with van der Waals surface area (Å²) in [6, 6.07) is 0.759. The topological polar surface area (TPSA) is 62.9 Å². The van der Waals surface area contributed by atoms with Crippen LogP contribution in [0, 0.1) is 0 Å². The van der Waals surface area contributed by atoms with Gasteiger partial charge in [-0.2, -0.15) is 0 Å². The lowest BCUT2D eigenvalue weighted by Crippen LogP contribution is -2.44. The summed E-state index contributed by atoms with van der Waals surface area (Å²) in [6.07, 6.45) is 3.86. The summed E-state index contributed by atoms with van der Waals surface area (Å²) in [4.78, 5) is 6.95. The van der Waals surface area contributed by atoms with E-state index in [1.807, 2.05) is 6.92 Å². The normalized spacial score (nSPS) is 23.9. The van der Waals surface area contributed by atoms with Crippen LogP contribution in [-0.4, -0.2) is 56.3 Å². The molecule has 106 valence electrons. The van der Waals surface area contributed by atoms with Gasteiger partial charge >= 0.3 is 0 Å². The fourth-order valence-corrected chi connectivity index (χ4v) is 2.48. The van der Waals surface area contributed by atoms with E-state index < -0.39 is 0 Å². The van der Waals surface area contributed by atoms with Crippen molar-refractivity contribution in [3.05, 3.63) is 0 Å².